The zero-order chi connectivity index (χ0) is 11.4. The number of carboxylic acids is 1. The molecule has 0 aliphatic heterocycles. The quantitative estimate of drug-likeness (QED) is 0.813. The Kier molecular flexibility index (Phi) is 3.11. The van der Waals surface area contributed by atoms with Gasteiger partial charge in [-0.15, -0.1) is 0 Å². The van der Waals surface area contributed by atoms with Crippen LogP contribution >= 0.6 is 11.8 Å². The predicted octanol–water partition coefficient (Wildman–Crippen LogP) is 1.72. The fourth-order valence-corrected chi connectivity index (χ4v) is 1.77. The summed E-state index contributed by atoms with van der Waals surface area (Å²) in [6, 6.07) is 6.57. The molecule has 0 spiro atoms. The van der Waals surface area contributed by atoms with E-state index in [1.54, 1.807) is 24.4 Å². The zero-order valence-electron chi connectivity index (χ0n) is 8.07. The van der Waals surface area contributed by atoms with Gasteiger partial charge in [0.2, 0.25) is 0 Å². The Morgan fingerprint density at radius 2 is 2.12 bits per heavy atom. The van der Waals surface area contributed by atoms with Crippen molar-refractivity contribution in [1.82, 2.24) is 15.0 Å². The third kappa shape index (κ3) is 2.54. The fraction of sp³-hybridized carbons (Fsp3) is 0. The second-order valence-corrected chi connectivity index (χ2v) is 3.86. The lowest BCUT2D eigenvalue weighted by Crippen LogP contribution is -2.00. The highest BCUT2D eigenvalue weighted by molar-refractivity contribution is 7.99. The first-order chi connectivity index (χ1) is 7.75. The molecular formula is C10H7N3O2S. The minimum atomic E-state index is -1.04. The van der Waals surface area contributed by atoms with Crippen molar-refractivity contribution >= 4 is 17.7 Å². The van der Waals surface area contributed by atoms with Crippen LogP contribution < -0.4 is 0 Å². The Hall–Kier alpha value is -1.95. The first-order valence-corrected chi connectivity index (χ1v) is 5.21. The number of aromatic carboxylic acids is 1. The van der Waals surface area contributed by atoms with E-state index < -0.39 is 5.97 Å². The Morgan fingerprint density at radius 1 is 1.25 bits per heavy atom. The summed E-state index contributed by atoms with van der Waals surface area (Å²) in [5.74, 6) is -1.04. The van der Waals surface area contributed by atoms with E-state index in [9.17, 15) is 4.79 Å². The van der Waals surface area contributed by atoms with E-state index in [4.69, 9.17) is 5.11 Å². The molecule has 0 amide bonds. The molecule has 2 aromatic rings. The normalized spacial score (nSPS) is 10.0. The molecule has 5 nitrogen and oxygen atoms in total. The highest BCUT2D eigenvalue weighted by Crippen LogP contribution is 2.23. The van der Waals surface area contributed by atoms with Gasteiger partial charge in [-0.05, 0) is 30.0 Å². The summed E-state index contributed by atoms with van der Waals surface area (Å²) in [5.41, 5.74) is 0.0269. The predicted molar refractivity (Wildman–Crippen MR) is 57.4 cm³/mol. The molecule has 2 aromatic heterocycles. The smallest absolute Gasteiger partial charge is 0.354 e. The number of carboxylic acid groups (broad SMARTS) is 1. The van der Waals surface area contributed by atoms with Crippen LogP contribution in [0.5, 0.6) is 0 Å². The molecule has 0 fully saturated rings. The number of pyridine rings is 1. The summed E-state index contributed by atoms with van der Waals surface area (Å²) in [7, 11) is 0. The molecular weight excluding hydrogens is 226 g/mol. The van der Waals surface area contributed by atoms with E-state index in [-0.39, 0.29) is 5.69 Å². The molecule has 80 valence electrons. The molecule has 0 radical (unpaired) electrons. The molecule has 0 aliphatic carbocycles. The van der Waals surface area contributed by atoms with Gasteiger partial charge in [-0.1, -0.05) is 6.07 Å². The summed E-state index contributed by atoms with van der Waals surface area (Å²) in [6.07, 6.45) is 3.06. The maximum atomic E-state index is 10.7. The summed E-state index contributed by atoms with van der Waals surface area (Å²) < 4.78 is 0. The number of carbonyl (C=O) groups is 1. The van der Waals surface area contributed by atoms with E-state index in [0.29, 0.717) is 5.03 Å². The Bertz CT molecular complexity index is 504. The van der Waals surface area contributed by atoms with Crippen molar-refractivity contribution in [3.63, 3.8) is 0 Å². The first kappa shape index (κ1) is 10.6. The molecule has 0 saturated heterocycles. The minimum absolute atomic E-state index is 0.0269. The minimum Gasteiger partial charge on any atom is -0.477 e. The number of aromatic nitrogens is 3. The standard InChI is InChI=1S/C10H7N3O2S/c14-10(15)7-2-1-3-9(13-7)16-8-4-5-11-6-12-8/h1-6H,(H,14,15). The Labute approximate surface area is 95.6 Å². The lowest BCUT2D eigenvalue weighted by atomic mass is 10.4. The van der Waals surface area contributed by atoms with Gasteiger partial charge in [-0.25, -0.2) is 19.7 Å². The molecule has 0 atom stereocenters. The van der Waals surface area contributed by atoms with Gasteiger partial charge in [0, 0.05) is 6.20 Å². The van der Waals surface area contributed by atoms with E-state index in [2.05, 4.69) is 15.0 Å². The van der Waals surface area contributed by atoms with Crippen LogP contribution in [0.4, 0.5) is 0 Å². The third-order valence-electron chi connectivity index (χ3n) is 1.71. The first-order valence-electron chi connectivity index (χ1n) is 4.40. The van der Waals surface area contributed by atoms with E-state index in [0.717, 1.165) is 5.03 Å². The summed E-state index contributed by atoms with van der Waals surface area (Å²) in [6.45, 7) is 0. The van der Waals surface area contributed by atoms with Gasteiger partial charge >= 0.3 is 5.97 Å². The van der Waals surface area contributed by atoms with Gasteiger partial charge in [-0.2, -0.15) is 0 Å². The molecule has 0 saturated carbocycles. The Morgan fingerprint density at radius 3 is 2.81 bits per heavy atom. The van der Waals surface area contributed by atoms with Crippen molar-refractivity contribution in [2.24, 2.45) is 0 Å². The average molecular weight is 233 g/mol. The molecule has 6 heteroatoms. The van der Waals surface area contributed by atoms with Gasteiger partial charge in [0.25, 0.3) is 0 Å². The molecule has 0 aromatic carbocycles. The van der Waals surface area contributed by atoms with E-state index >= 15 is 0 Å². The molecule has 2 heterocycles. The van der Waals surface area contributed by atoms with Crippen LogP contribution in [-0.2, 0) is 0 Å². The van der Waals surface area contributed by atoms with Crippen molar-refractivity contribution in [2.75, 3.05) is 0 Å². The van der Waals surface area contributed by atoms with Crippen molar-refractivity contribution < 1.29 is 9.90 Å². The van der Waals surface area contributed by atoms with Crippen LogP contribution in [0.3, 0.4) is 0 Å². The molecule has 0 aliphatic rings. The maximum Gasteiger partial charge on any atom is 0.354 e. The van der Waals surface area contributed by atoms with E-state index in [1.807, 2.05) is 0 Å². The van der Waals surface area contributed by atoms with Crippen LogP contribution in [0.2, 0.25) is 0 Å². The van der Waals surface area contributed by atoms with Gasteiger partial charge in [0.1, 0.15) is 22.1 Å². The maximum absolute atomic E-state index is 10.7. The van der Waals surface area contributed by atoms with Crippen molar-refractivity contribution in [2.45, 2.75) is 10.1 Å². The summed E-state index contributed by atoms with van der Waals surface area (Å²) >= 11 is 1.29. The van der Waals surface area contributed by atoms with Crippen molar-refractivity contribution in [1.29, 1.82) is 0 Å². The number of hydrogen-bond donors (Lipinski definition) is 1. The largest absolute Gasteiger partial charge is 0.477 e. The molecule has 16 heavy (non-hydrogen) atoms. The van der Waals surface area contributed by atoms with E-state index in [1.165, 1.54) is 24.2 Å². The molecule has 0 bridgehead atoms. The zero-order valence-corrected chi connectivity index (χ0v) is 8.89. The number of rotatable bonds is 3. The second kappa shape index (κ2) is 4.71. The summed E-state index contributed by atoms with van der Waals surface area (Å²) in [4.78, 5) is 22.5. The Balaban J connectivity index is 2.22. The van der Waals surface area contributed by atoms with Crippen molar-refractivity contribution in [3.05, 3.63) is 42.5 Å². The van der Waals surface area contributed by atoms with Crippen molar-refractivity contribution in [3.8, 4) is 0 Å². The van der Waals surface area contributed by atoms with Gasteiger partial charge in [0.05, 0.1) is 0 Å². The van der Waals surface area contributed by atoms with Crippen LogP contribution in [0.1, 0.15) is 10.5 Å². The van der Waals surface area contributed by atoms with Crippen LogP contribution in [0, 0.1) is 0 Å². The summed E-state index contributed by atoms with van der Waals surface area (Å²) in [5, 5.41) is 10.1. The highest BCUT2D eigenvalue weighted by Gasteiger charge is 2.06. The molecule has 2 rings (SSSR count). The monoisotopic (exact) mass is 233 g/mol. The van der Waals surface area contributed by atoms with Gasteiger partial charge in [0.15, 0.2) is 0 Å². The molecule has 0 unspecified atom stereocenters. The number of hydrogen-bond acceptors (Lipinski definition) is 5. The topological polar surface area (TPSA) is 76.0 Å². The second-order valence-electron chi connectivity index (χ2n) is 2.82. The van der Waals surface area contributed by atoms with Gasteiger partial charge in [-0.3, -0.25) is 0 Å². The van der Waals surface area contributed by atoms with Gasteiger partial charge < -0.3 is 5.11 Å². The average Bonchev–Trinajstić information content (AvgIpc) is 2.30. The fourth-order valence-electron chi connectivity index (χ4n) is 1.04. The number of nitrogens with zero attached hydrogens (tertiary/aromatic N) is 3. The SMILES string of the molecule is O=C(O)c1cccc(Sc2ccncn2)n1. The lowest BCUT2D eigenvalue weighted by molar-refractivity contribution is 0.0689. The lowest BCUT2D eigenvalue weighted by Gasteiger charge is -2.00. The van der Waals surface area contributed by atoms with Crippen LogP contribution in [-0.4, -0.2) is 26.0 Å². The van der Waals surface area contributed by atoms with Crippen LogP contribution in [0.25, 0.3) is 0 Å². The van der Waals surface area contributed by atoms with Crippen LogP contribution in [0.15, 0.2) is 46.8 Å². The third-order valence-corrected chi connectivity index (χ3v) is 2.59. The molecule has 1 N–H and O–H groups in total. The highest BCUT2D eigenvalue weighted by atomic mass is 32.2.